The Morgan fingerprint density at radius 2 is 2.17 bits per heavy atom. The lowest BCUT2D eigenvalue weighted by atomic mass is 9.87. The van der Waals surface area contributed by atoms with Gasteiger partial charge in [-0.15, -0.1) is 0 Å². The van der Waals surface area contributed by atoms with Gasteiger partial charge in [-0.3, -0.25) is 4.79 Å². The molecule has 0 spiro atoms. The average Bonchev–Trinajstić information content (AvgIpc) is 2.41. The number of allylic oxidation sites excluding steroid dienone is 2. The van der Waals surface area contributed by atoms with Gasteiger partial charge in [0.15, 0.2) is 0 Å². The number of Topliss-reactive ketones (excluding diaryl/α,β-unsaturated/α-hetero) is 1. The van der Waals surface area contributed by atoms with Gasteiger partial charge >= 0.3 is 0 Å². The summed E-state index contributed by atoms with van der Waals surface area (Å²) in [5.74, 6) is -0.0174. The maximum absolute atomic E-state index is 11.3. The second-order valence-electron chi connectivity index (χ2n) is 3.54. The first kappa shape index (κ1) is 7.74. The fourth-order valence-corrected chi connectivity index (χ4v) is 1.95. The van der Waals surface area contributed by atoms with E-state index in [0.717, 1.165) is 17.6 Å². The van der Waals surface area contributed by atoms with Crippen molar-refractivity contribution in [2.24, 2.45) is 5.92 Å². The summed E-state index contributed by atoms with van der Waals surface area (Å²) in [4.78, 5) is 11.3. The molecular weight excluding hydrogens is 152 g/mol. The second kappa shape index (κ2) is 2.56. The van der Waals surface area contributed by atoms with E-state index in [1.807, 2.05) is 19.1 Å². The molecule has 2 rings (SSSR count). The van der Waals surface area contributed by atoms with Gasteiger partial charge in [-0.25, -0.2) is 0 Å². The number of fused-ring (bicyclic) bond motifs is 1. The first-order valence-corrected chi connectivity index (χ1v) is 4.28. The van der Waals surface area contributed by atoms with Gasteiger partial charge in [0.25, 0.3) is 0 Å². The SMILES string of the molecule is CC1=CC=C2CCC(=O)C2C1O. The van der Waals surface area contributed by atoms with E-state index in [1.165, 1.54) is 0 Å². The minimum atomic E-state index is -0.556. The minimum absolute atomic E-state index is 0.196. The van der Waals surface area contributed by atoms with Crippen LogP contribution in [0.4, 0.5) is 0 Å². The minimum Gasteiger partial charge on any atom is -0.388 e. The Balaban J connectivity index is 2.37. The van der Waals surface area contributed by atoms with Crippen molar-refractivity contribution in [1.29, 1.82) is 0 Å². The third-order valence-electron chi connectivity index (χ3n) is 2.75. The lowest BCUT2D eigenvalue weighted by Gasteiger charge is -2.22. The van der Waals surface area contributed by atoms with Crippen LogP contribution in [0.1, 0.15) is 19.8 Å². The van der Waals surface area contributed by atoms with Gasteiger partial charge in [0.1, 0.15) is 5.78 Å². The quantitative estimate of drug-likeness (QED) is 0.584. The molecule has 0 aliphatic heterocycles. The van der Waals surface area contributed by atoms with Gasteiger partial charge in [0.2, 0.25) is 0 Å². The van der Waals surface area contributed by atoms with E-state index in [2.05, 4.69) is 0 Å². The summed E-state index contributed by atoms with van der Waals surface area (Å²) >= 11 is 0. The number of aliphatic hydroxyl groups is 1. The molecule has 0 aromatic carbocycles. The Kier molecular flexibility index (Phi) is 1.65. The van der Waals surface area contributed by atoms with Crippen molar-refractivity contribution in [2.45, 2.75) is 25.9 Å². The molecule has 0 saturated heterocycles. The normalized spacial score (nSPS) is 34.3. The highest BCUT2D eigenvalue weighted by Gasteiger charge is 2.36. The van der Waals surface area contributed by atoms with Crippen LogP contribution in [0.2, 0.25) is 0 Å². The van der Waals surface area contributed by atoms with Crippen molar-refractivity contribution in [3.63, 3.8) is 0 Å². The number of carbonyl (C=O) groups is 1. The summed E-state index contributed by atoms with van der Waals surface area (Å²) in [6.07, 6.45) is 4.78. The largest absolute Gasteiger partial charge is 0.388 e. The predicted molar refractivity (Wildman–Crippen MR) is 45.6 cm³/mol. The Hall–Kier alpha value is -0.890. The van der Waals surface area contributed by atoms with Crippen LogP contribution in [-0.2, 0) is 4.79 Å². The molecular formula is C10H12O2. The fourth-order valence-electron chi connectivity index (χ4n) is 1.95. The molecule has 1 N–H and O–H groups in total. The van der Waals surface area contributed by atoms with Crippen molar-refractivity contribution in [3.8, 4) is 0 Å². The second-order valence-corrected chi connectivity index (χ2v) is 3.54. The molecule has 0 amide bonds. The molecule has 0 radical (unpaired) electrons. The molecule has 0 aromatic heterocycles. The molecule has 2 atom stereocenters. The number of rotatable bonds is 0. The number of carbonyl (C=O) groups excluding carboxylic acids is 1. The predicted octanol–water partition coefficient (Wildman–Crippen LogP) is 1.21. The van der Waals surface area contributed by atoms with Crippen molar-refractivity contribution in [3.05, 3.63) is 23.3 Å². The van der Waals surface area contributed by atoms with E-state index in [9.17, 15) is 9.90 Å². The standard InChI is InChI=1S/C10H12O2/c1-6-2-3-7-4-5-8(11)9(7)10(6)12/h2-3,9-10,12H,4-5H2,1H3. The van der Waals surface area contributed by atoms with E-state index >= 15 is 0 Å². The van der Waals surface area contributed by atoms with Crippen molar-refractivity contribution in [1.82, 2.24) is 0 Å². The number of hydrogen-bond acceptors (Lipinski definition) is 2. The van der Waals surface area contributed by atoms with Crippen molar-refractivity contribution >= 4 is 5.78 Å². The summed E-state index contributed by atoms with van der Waals surface area (Å²) < 4.78 is 0. The molecule has 2 aliphatic carbocycles. The lowest BCUT2D eigenvalue weighted by molar-refractivity contribution is -0.122. The first-order chi connectivity index (χ1) is 5.70. The van der Waals surface area contributed by atoms with Crippen LogP contribution in [0.3, 0.4) is 0 Å². The zero-order valence-corrected chi connectivity index (χ0v) is 7.08. The average molecular weight is 164 g/mol. The van der Waals surface area contributed by atoms with Gasteiger partial charge in [-0.05, 0) is 18.9 Å². The maximum atomic E-state index is 11.3. The first-order valence-electron chi connectivity index (χ1n) is 4.28. The van der Waals surface area contributed by atoms with Gasteiger partial charge in [0, 0.05) is 6.42 Å². The van der Waals surface area contributed by atoms with Crippen LogP contribution in [0.15, 0.2) is 23.3 Å². The molecule has 0 aromatic rings. The van der Waals surface area contributed by atoms with E-state index in [-0.39, 0.29) is 11.7 Å². The van der Waals surface area contributed by atoms with Crippen LogP contribution < -0.4 is 0 Å². The third kappa shape index (κ3) is 0.950. The summed E-state index contributed by atoms with van der Waals surface area (Å²) in [6.45, 7) is 1.86. The highest BCUT2D eigenvalue weighted by Crippen LogP contribution is 2.35. The van der Waals surface area contributed by atoms with Crippen LogP contribution in [0.25, 0.3) is 0 Å². The molecule has 2 heteroatoms. The molecule has 2 unspecified atom stereocenters. The number of aliphatic hydroxyl groups excluding tert-OH is 1. The fraction of sp³-hybridized carbons (Fsp3) is 0.500. The molecule has 12 heavy (non-hydrogen) atoms. The Bertz CT molecular complexity index is 286. The highest BCUT2D eigenvalue weighted by molar-refractivity contribution is 5.88. The molecule has 2 nitrogen and oxygen atoms in total. The summed E-state index contributed by atoms with van der Waals surface area (Å²) in [5, 5.41) is 9.69. The monoisotopic (exact) mass is 164 g/mol. The Labute approximate surface area is 71.6 Å². The van der Waals surface area contributed by atoms with E-state index in [4.69, 9.17) is 0 Å². The van der Waals surface area contributed by atoms with Crippen LogP contribution in [-0.4, -0.2) is 17.0 Å². The van der Waals surface area contributed by atoms with Crippen molar-refractivity contribution in [2.75, 3.05) is 0 Å². The smallest absolute Gasteiger partial charge is 0.143 e. The summed E-state index contributed by atoms with van der Waals surface area (Å²) in [5.41, 5.74) is 2.01. The van der Waals surface area contributed by atoms with Gasteiger partial charge < -0.3 is 5.11 Å². The van der Waals surface area contributed by atoms with Crippen molar-refractivity contribution < 1.29 is 9.90 Å². The molecule has 64 valence electrons. The highest BCUT2D eigenvalue weighted by atomic mass is 16.3. The van der Waals surface area contributed by atoms with Crippen LogP contribution in [0, 0.1) is 5.92 Å². The maximum Gasteiger partial charge on any atom is 0.143 e. The molecule has 2 aliphatic rings. The zero-order valence-electron chi connectivity index (χ0n) is 7.08. The number of ketones is 1. The summed E-state index contributed by atoms with van der Waals surface area (Å²) in [7, 11) is 0. The van der Waals surface area contributed by atoms with E-state index in [1.54, 1.807) is 0 Å². The van der Waals surface area contributed by atoms with E-state index < -0.39 is 6.10 Å². The molecule has 1 fully saturated rings. The molecule has 1 saturated carbocycles. The molecule has 0 heterocycles. The van der Waals surface area contributed by atoms with Gasteiger partial charge in [0.05, 0.1) is 12.0 Å². The zero-order chi connectivity index (χ0) is 8.72. The molecule has 0 bridgehead atoms. The van der Waals surface area contributed by atoms with Crippen LogP contribution in [0.5, 0.6) is 0 Å². The topological polar surface area (TPSA) is 37.3 Å². The Morgan fingerprint density at radius 3 is 2.92 bits per heavy atom. The summed E-state index contributed by atoms with van der Waals surface area (Å²) in [6, 6.07) is 0. The Morgan fingerprint density at radius 1 is 1.42 bits per heavy atom. The lowest BCUT2D eigenvalue weighted by Crippen LogP contribution is -2.27. The van der Waals surface area contributed by atoms with Crippen LogP contribution >= 0.6 is 0 Å². The number of hydrogen-bond donors (Lipinski definition) is 1. The van der Waals surface area contributed by atoms with Gasteiger partial charge in [-0.1, -0.05) is 17.7 Å². The third-order valence-corrected chi connectivity index (χ3v) is 2.75. The van der Waals surface area contributed by atoms with E-state index in [0.29, 0.717) is 6.42 Å². The van der Waals surface area contributed by atoms with Gasteiger partial charge in [-0.2, -0.15) is 0 Å².